The number of allylic oxidation sites excluding steroid dienone is 2. The van der Waals surface area contributed by atoms with E-state index in [9.17, 15) is 18.5 Å². The van der Waals surface area contributed by atoms with Gasteiger partial charge >= 0.3 is 0 Å². The minimum absolute atomic E-state index is 0.00166. The van der Waals surface area contributed by atoms with E-state index in [0.29, 0.717) is 34.5 Å². The van der Waals surface area contributed by atoms with E-state index in [0.717, 1.165) is 30.5 Å². The molecule has 5 rings (SSSR count). The Morgan fingerprint density at radius 1 is 1.12 bits per heavy atom. The second kappa shape index (κ2) is 8.42. The largest absolute Gasteiger partial charge is 0.378 e. The van der Waals surface area contributed by atoms with Crippen molar-refractivity contribution >= 4 is 33.0 Å². The lowest BCUT2D eigenvalue weighted by molar-refractivity contribution is -0.384. The molecule has 174 valence electrons. The minimum Gasteiger partial charge on any atom is -0.378 e. The number of nitrogens with one attached hydrogen (secondary N) is 1. The molecule has 3 unspecified atom stereocenters. The number of benzene rings is 2. The van der Waals surface area contributed by atoms with Gasteiger partial charge in [-0.3, -0.25) is 10.1 Å². The Morgan fingerprint density at radius 2 is 1.88 bits per heavy atom. The smallest absolute Gasteiger partial charge is 0.269 e. The monoisotopic (exact) mass is 487 g/mol. The second-order valence-electron chi connectivity index (χ2n) is 9.27. The molecule has 1 saturated heterocycles. The lowest BCUT2D eigenvalue weighted by atomic mass is 9.77. The van der Waals surface area contributed by atoms with Gasteiger partial charge in [0.1, 0.15) is 0 Å². The zero-order valence-corrected chi connectivity index (χ0v) is 19.8. The Morgan fingerprint density at radius 3 is 2.61 bits per heavy atom. The summed E-state index contributed by atoms with van der Waals surface area (Å²) >= 11 is 6.47. The van der Waals surface area contributed by atoms with Crippen LogP contribution in [0.2, 0.25) is 5.02 Å². The van der Waals surface area contributed by atoms with Gasteiger partial charge < -0.3 is 5.32 Å². The molecule has 0 radical (unpaired) electrons. The third-order valence-electron chi connectivity index (χ3n) is 7.24. The molecule has 2 aromatic carbocycles. The first kappa shape index (κ1) is 22.4. The van der Waals surface area contributed by atoms with Crippen molar-refractivity contribution in [1.29, 1.82) is 0 Å². The molecule has 0 spiro atoms. The summed E-state index contributed by atoms with van der Waals surface area (Å²) in [7, 11) is -3.55. The van der Waals surface area contributed by atoms with Crippen molar-refractivity contribution in [3.05, 3.63) is 74.8 Å². The molecule has 1 aliphatic carbocycles. The number of nitrogens with zero attached hydrogens (tertiary/aromatic N) is 2. The number of rotatable bonds is 4. The van der Waals surface area contributed by atoms with Crippen molar-refractivity contribution in [2.75, 3.05) is 18.4 Å². The highest BCUT2D eigenvalue weighted by Crippen LogP contribution is 2.51. The number of hydrogen-bond donors (Lipinski definition) is 1. The molecule has 1 fully saturated rings. The van der Waals surface area contributed by atoms with Crippen molar-refractivity contribution in [3.63, 3.8) is 0 Å². The van der Waals surface area contributed by atoms with E-state index in [2.05, 4.69) is 24.4 Å². The Balaban J connectivity index is 1.51. The number of halogens is 1. The van der Waals surface area contributed by atoms with E-state index >= 15 is 0 Å². The van der Waals surface area contributed by atoms with Crippen LogP contribution in [0.15, 0.2) is 53.4 Å². The predicted molar refractivity (Wildman–Crippen MR) is 128 cm³/mol. The molecule has 33 heavy (non-hydrogen) atoms. The highest BCUT2D eigenvalue weighted by atomic mass is 35.5. The number of piperidine rings is 1. The maximum atomic E-state index is 13.3. The minimum atomic E-state index is -3.55. The highest BCUT2D eigenvalue weighted by molar-refractivity contribution is 7.89. The van der Waals surface area contributed by atoms with Crippen LogP contribution in [0.5, 0.6) is 0 Å². The first-order chi connectivity index (χ1) is 15.8. The quantitative estimate of drug-likeness (QED) is 0.349. The molecule has 2 aliphatic heterocycles. The van der Waals surface area contributed by atoms with Gasteiger partial charge in [-0.25, -0.2) is 8.42 Å². The number of sulfonamides is 1. The summed E-state index contributed by atoms with van der Waals surface area (Å²) in [5.41, 5.74) is 2.47. The average Bonchev–Trinajstić information content (AvgIpc) is 3.29. The van der Waals surface area contributed by atoms with Gasteiger partial charge in [-0.1, -0.05) is 30.7 Å². The molecule has 0 aromatic heterocycles. The lowest BCUT2D eigenvalue weighted by Gasteiger charge is -2.38. The maximum Gasteiger partial charge on any atom is 0.269 e. The molecule has 3 atom stereocenters. The van der Waals surface area contributed by atoms with E-state index < -0.39 is 14.9 Å². The van der Waals surface area contributed by atoms with E-state index in [-0.39, 0.29) is 23.6 Å². The average molecular weight is 488 g/mol. The number of nitro groups is 1. The molecule has 9 heteroatoms. The standard InChI is InChI=1S/C24H26ClN3O4S/c1-15-9-11-27(12-10-15)33(31,32)17-6-8-23-20(14-17)18-3-2-4-19(18)24(26-23)21-13-16(28(29)30)5-7-22(21)25/h2-3,5-8,13-15,18-19,24,26H,4,9-12H2,1H3. The van der Waals surface area contributed by atoms with Crippen molar-refractivity contribution in [3.8, 4) is 0 Å². The number of non-ortho nitro benzene ring substituents is 1. The van der Waals surface area contributed by atoms with Gasteiger partial charge in [0.25, 0.3) is 5.69 Å². The second-order valence-corrected chi connectivity index (χ2v) is 11.6. The number of anilines is 1. The van der Waals surface area contributed by atoms with Gasteiger partial charge in [0.15, 0.2) is 0 Å². The molecule has 2 heterocycles. The van der Waals surface area contributed by atoms with Crippen LogP contribution in [-0.4, -0.2) is 30.7 Å². The van der Waals surface area contributed by atoms with Crippen LogP contribution in [-0.2, 0) is 10.0 Å². The molecule has 0 bridgehead atoms. The van der Waals surface area contributed by atoms with Gasteiger partial charge in [-0.05, 0) is 60.9 Å². The fraction of sp³-hybridized carbons (Fsp3) is 0.417. The molecule has 7 nitrogen and oxygen atoms in total. The van der Waals surface area contributed by atoms with Crippen molar-refractivity contribution in [1.82, 2.24) is 4.31 Å². The number of nitro benzene ring substituents is 1. The molecule has 0 saturated carbocycles. The van der Waals surface area contributed by atoms with Crippen LogP contribution in [0, 0.1) is 22.0 Å². The molecule has 2 aromatic rings. The predicted octanol–water partition coefficient (Wildman–Crippen LogP) is 5.50. The molecular formula is C24H26ClN3O4S. The summed E-state index contributed by atoms with van der Waals surface area (Å²) in [5, 5.41) is 15.3. The van der Waals surface area contributed by atoms with Crippen LogP contribution in [0.25, 0.3) is 0 Å². The van der Waals surface area contributed by atoms with E-state index in [1.165, 1.54) is 12.1 Å². The number of fused-ring (bicyclic) bond motifs is 3. The van der Waals surface area contributed by atoms with Gasteiger partial charge in [0.05, 0.1) is 15.9 Å². The summed E-state index contributed by atoms with van der Waals surface area (Å²) in [6.07, 6.45) is 6.75. The number of hydrogen-bond acceptors (Lipinski definition) is 5. The Labute approximate surface area is 198 Å². The van der Waals surface area contributed by atoms with Crippen molar-refractivity contribution in [2.45, 2.75) is 43.0 Å². The Hall–Kier alpha value is -2.42. The van der Waals surface area contributed by atoms with Gasteiger partial charge in [-0.15, -0.1) is 0 Å². The first-order valence-electron chi connectivity index (χ1n) is 11.3. The zero-order chi connectivity index (χ0) is 23.3. The maximum absolute atomic E-state index is 13.3. The summed E-state index contributed by atoms with van der Waals surface area (Å²) in [6, 6.07) is 9.57. The van der Waals surface area contributed by atoms with Crippen LogP contribution in [0.4, 0.5) is 11.4 Å². The van der Waals surface area contributed by atoms with Crippen LogP contribution in [0.3, 0.4) is 0 Å². The molecule has 3 aliphatic rings. The van der Waals surface area contributed by atoms with Crippen molar-refractivity contribution < 1.29 is 13.3 Å². The molecule has 1 N–H and O–H groups in total. The Kier molecular flexibility index (Phi) is 5.71. The SMILES string of the molecule is CC1CCN(S(=O)(=O)c2ccc3c(c2)C2C=CCC2C(c2cc([N+](=O)[O-])ccc2Cl)N3)CC1. The highest BCUT2D eigenvalue weighted by Gasteiger charge is 2.40. The van der Waals surface area contributed by atoms with Gasteiger partial charge in [-0.2, -0.15) is 4.31 Å². The normalized spacial score (nSPS) is 25.3. The van der Waals surface area contributed by atoms with E-state index in [1.807, 2.05) is 6.07 Å². The van der Waals surface area contributed by atoms with Gasteiger partial charge in [0.2, 0.25) is 10.0 Å². The molecular weight excluding hydrogens is 462 g/mol. The Bertz CT molecular complexity index is 1240. The van der Waals surface area contributed by atoms with Crippen LogP contribution < -0.4 is 5.32 Å². The van der Waals surface area contributed by atoms with Crippen molar-refractivity contribution in [2.24, 2.45) is 11.8 Å². The first-order valence-corrected chi connectivity index (χ1v) is 13.1. The fourth-order valence-electron chi connectivity index (χ4n) is 5.30. The lowest BCUT2D eigenvalue weighted by Crippen LogP contribution is -2.38. The topological polar surface area (TPSA) is 92.5 Å². The van der Waals surface area contributed by atoms with E-state index in [4.69, 9.17) is 11.6 Å². The summed E-state index contributed by atoms with van der Waals surface area (Å²) in [6.45, 7) is 3.27. The van der Waals surface area contributed by atoms with Gasteiger partial charge in [0, 0.05) is 47.4 Å². The summed E-state index contributed by atoms with van der Waals surface area (Å²) in [5.74, 6) is 0.648. The van der Waals surface area contributed by atoms with E-state index in [1.54, 1.807) is 22.5 Å². The summed E-state index contributed by atoms with van der Waals surface area (Å²) < 4.78 is 28.2. The third kappa shape index (κ3) is 3.94. The third-order valence-corrected chi connectivity index (χ3v) is 9.48. The van der Waals surface area contributed by atoms with Crippen LogP contribution in [0.1, 0.15) is 49.3 Å². The zero-order valence-electron chi connectivity index (χ0n) is 18.3. The molecule has 0 amide bonds. The summed E-state index contributed by atoms with van der Waals surface area (Å²) in [4.78, 5) is 11.2. The fourth-order valence-corrected chi connectivity index (χ4v) is 7.04. The van der Waals surface area contributed by atoms with Crippen LogP contribution >= 0.6 is 11.6 Å².